The van der Waals surface area contributed by atoms with Gasteiger partial charge in [0.15, 0.2) is 5.78 Å². The highest BCUT2D eigenvalue weighted by Crippen LogP contribution is 2.23. The summed E-state index contributed by atoms with van der Waals surface area (Å²) in [4.78, 5) is 11.8. The van der Waals surface area contributed by atoms with Gasteiger partial charge in [-0.05, 0) is 42.8 Å². The van der Waals surface area contributed by atoms with Crippen molar-refractivity contribution in [2.45, 2.75) is 26.4 Å². The van der Waals surface area contributed by atoms with Crippen molar-refractivity contribution in [1.29, 1.82) is 0 Å². The number of ketones is 1. The van der Waals surface area contributed by atoms with Gasteiger partial charge >= 0.3 is 0 Å². The summed E-state index contributed by atoms with van der Waals surface area (Å²) < 4.78 is 19.2. The number of halogens is 1. The molecule has 3 rings (SSSR count). The molecular weight excluding hydrogens is 319 g/mol. The molecule has 0 spiro atoms. The Morgan fingerprint density at radius 2 is 2.00 bits per heavy atom. The molecule has 0 bridgehead atoms. The highest BCUT2D eigenvalue weighted by Gasteiger charge is 2.10. The highest BCUT2D eigenvalue weighted by atomic mass is 19.1. The van der Waals surface area contributed by atoms with Crippen molar-refractivity contribution in [3.63, 3.8) is 0 Å². The van der Waals surface area contributed by atoms with E-state index in [4.69, 9.17) is 4.74 Å². The van der Waals surface area contributed by atoms with E-state index >= 15 is 0 Å². The molecule has 0 aliphatic rings. The number of aromatic amines is 1. The van der Waals surface area contributed by atoms with E-state index in [2.05, 4.69) is 10.2 Å². The molecule has 128 valence electrons. The van der Waals surface area contributed by atoms with Gasteiger partial charge in [-0.25, -0.2) is 4.39 Å². The molecule has 0 atom stereocenters. The van der Waals surface area contributed by atoms with Crippen LogP contribution in [0.25, 0.3) is 11.3 Å². The third-order valence-electron chi connectivity index (χ3n) is 3.88. The van der Waals surface area contributed by atoms with Crippen molar-refractivity contribution >= 4 is 5.78 Å². The molecule has 25 heavy (non-hydrogen) atoms. The van der Waals surface area contributed by atoms with E-state index in [1.54, 1.807) is 36.5 Å². The fraction of sp³-hybridized carbons (Fsp3) is 0.200. The van der Waals surface area contributed by atoms with Crippen LogP contribution in [0, 0.1) is 5.82 Å². The Morgan fingerprint density at radius 1 is 1.20 bits per heavy atom. The van der Waals surface area contributed by atoms with Crippen molar-refractivity contribution in [2.24, 2.45) is 0 Å². The van der Waals surface area contributed by atoms with Crippen molar-refractivity contribution < 1.29 is 13.9 Å². The minimum absolute atomic E-state index is 0.136. The largest absolute Gasteiger partial charge is 0.489 e. The topological polar surface area (TPSA) is 55.0 Å². The Bertz CT molecular complexity index is 856. The first-order chi connectivity index (χ1) is 12.2. The number of hydrogen-bond donors (Lipinski definition) is 1. The third-order valence-corrected chi connectivity index (χ3v) is 3.88. The summed E-state index contributed by atoms with van der Waals surface area (Å²) in [6.07, 6.45) is 3.05. The predicted molar refractivity (Wildman–Crippen MR) is 94.0 cm³/mol. The molecule has 2 aromatic carbocycles. The van der Waals surface area contributed by atoms with Crippen molar-refractivity contribution in [2.75, 3.05) is 0 Å². The maximum absolute atomic E-state index is 13.4. The smallest absolute Gasteiger partial charge is 0.162 e. The molecule has 0 amide bonds. The Kier molecular flexibility index (Phi) is 5.23. The standard InChI is InChI=1S/C20H19FN2O2/c1-2-4-19(24)14-7-9-18(10-8-14)25-13-16-12-22-23-20(16)15-5-3-6-17(21)11-15/h3,5-12H,2,4,13H2,1H3,(H,22,23). The van der Waals surface area contributed by atoms with Crippen LogP contribution in [-0.2, 0) is 6.61 Å². The van der Waals surface area contributed by atoms with Gasteiger partial charge in [0.2, 0.25) is 0 Å². The molecule has 0 saturated carbocycles. The van der Waals surface area contributed by atoms with Gasteiger partial charge in [-0.3, -0.25) is 9.89 Å². The second-order valence-electron chi connectivity index (χ2n) is 5.77. The van der Waals surface area contributed by atoms with Crippen LogP contribution in [0.1, 0.15) is 35.7 Å². The fourth-order valence-electron chi connectivity index (χ4n) is 2.58. The SMILES string of the molecule is CCCC(=O)c1ccc(OCc2cn[nH]c2-c2cccc(F)c2)cc1. The molecule has 0 radical (unpaired) electrons. The molecule has 1 N–H and O–H groups in total. The number of aromatic nitrogens is 2. The molecule has 0 fully saturated rings. The number of carbonyl (C=O) groups excluding carboxylic acids is 1. The summed E-state index contributed by atoms with van der Waals surface area (Å²) in [5.41, 5.74) is 2.97. The van der Waals surface area contributed by atoms with Gasteiger partial charge < -0.3 is 4.74 Å². The Balaban J connectivity index is 1.69. The number of rotatable bonds is 7. The summed E-state index contributed by atoms with van der Waals surface area (Å²) in [5.74, 6) is 0.503. The lowest BCUT2D eigenvalue weighted by Gasteiger charge is -2.08. The van der Waals surface area contributed by atoms with Crippen molar-refractivity contribution in [1.82, 2.24) is 10.2 Å². The molecule has 0 saturated heterocycles. The third kappa shape index (κ3) is 4.12. The quantitative estimate of drug-likeness (QED) is 0.631. The zero-order chi connectivity index (χ0) is 17.6. The van der Waals surface area contributed by atoms with Gasteiger partial charge in [-0.2, -0.15) is 5.10 Å². The van der Waals surface area contributed by atoms with Crippen LogP contribution in [0.3, 0.4) is 0 Å². The molecule has 1 aromatic heterocycles. The van der Waals surface area contributed by atoms with Gasteiger partial charge in [0.1, 0.15) is 18.2 Å². The molecule has 3 aromatic rings. The second-order valence-corrected chi connectivity index (χ2v) is 5.77. The zero-order valence-corrected chi connectivity index (χ0v) is 14.0. The molecule has 0 unspecified atom stereocenters. The average molecular weight is 338 g/mol. The minimum atomic E-state index is -0.300. The van der Waals surface area contributed by atoms with Crippen LogP contribution >= 0.6 is 0 Å². The Hall–Kier alpha value is -2.95. The summed E-state index contributed by atoms with van der Waals surface area (Å²) in [7, 11) is 0. The first-order valence-electron chi connectivity index (χ1n) is 8.21. The lowest BCUT2D eigenvalue weighted by Crippen LogP contribution is -1.99. The first kappa shape index (κ1) is 16.9. The number of hydrogen-bond acceptors (Lipinski definition) is 3. The van der Waals surface area contributed by atoms with Gasteiger partial charge in [0, 0.05) is 23.1 Å². The Morgan fingerprint density at radius 3 is 2.72 bits per heavy atom. The Labute approximate surface area is 145 Å². The maximum Gasteiger partial charge on any atom is 0.162 e. The second kappa shape index (κ2) is 7.75. The van der Waals surface area contributed by atoms with Gasteiger partial charge in [-0.1, -0.05) is 19.1 Å². The minimum Gasteiger partial charge on any atom is -0.489 e. The van der Waals surface area contributed by atoms with Gasteiger partial charge in [-0.15, -0.1) is 0 Å². The molecule has 4 nitrogen and oxygen atoms in total. The van der Waals surface area contributed by atoms with Crippen LogP contribution in [0.2, 0.25) is 0 Å². The van der Waals surface area contributed by atoms with Crippen molar-refractivity contribution in [3.05, 3.63) is 71.7 Å². The van der Waals surface area contributed by atoms with Crippen LogP contribution in [0.5, 0.6) is 5.75 Å². The van der Waals surface area contributed by atoms with Crippen LogP contribution in [0.15, 0.2) is 54.7 Å². The van der Waals surface area contributed by atoms with Crippen LogP contribution in [0.4, 0.5) is 4.39 Å². The van der Waals surface area contributed by atoms with Gasteiger partial charge in [0.05, 0.1) is 11.9 Å². The van der Waals surface area contributed by atoms with E-state index in [0.717, 1.165) is 23.2 Å². The molecule has 1 heterocycles. The van der Waals surface area contributed by atoms with E-state index in [0.29, 0.717) is 24.3 Å². The summed E-state index contributed by atoms with van der Waals surface area (Å²) in [5, 5.41) is 6.91. The molecular formula is C20H19FN2O2. The fourth-order valence-corrected chi connectivity index (χ4v) is 2.58. The van der Waals surface area contributed by atoms with E-state index < -0.39 is 0 Å². The highest BCUT2D eigenvalue weighted by molar-refractivity contribution is 5.96. The normalized spacial score (nSPS) is 10.6. The number of H-pyrrole nitrogens is 1. The summed E-state index contributed by atoms with van der Waals surface area (Å²) in [6.45, 7) is 2.28. The number of nitrogens with one attached hydrogen (secondary N) is 1. The average Bonchev–Trinajstić information content (AvgIpc) is 3.09. The van der Waals surface area contributed by atoms with Crippen LogP contribution in [-0.4, -0.2) is 16.0 Å². The lowest BCUT2D eigenvalue weighted by molar-refractivity contribution is 0.0981. The number of ether oxygens (including phenoxy) is 1. The number of benzene rings is 2. The maximum atomic E-state index is 13.4. The van der Waals surface area contributed by atoms with E-state index in [-0.39, 0.29) is 11.6 Å². The summed E-state index contributed by atoms with van der Waals surface area (Å²) in [6, 6.07) is 13.4. The van der Waals surface area contributed by atoms with Crippen LogP contribution < -0.4 is 4.74 Å². The molecule has 0 aliphatic carbocycles. The van der Waals surface area contributed by atoms with Crippen molar-refractivity contribution in [3.8, 4) is 17.0 Å². The first-order valence-corrected chi connectivity index (χ1v) is 8.21. The molecule has 0 aliphatic heterocycles. The number of Topliss-reactive ketones (excluding diaryl/α,β-unsaturated/α-hetero) is 1. The molecule has 5 heteroatoms. The predicted octanol–water partition coefficient (Wildman–Crippen LogP) is 4.78. The summed E-state index contributed by atoms with van der Waals surface area (Å²) >= 11 is 0. The van der Waals surface area contributed by atoms with E-state index in [9.17, 15) is 9.18 Å². The van der Waals surface area contributed by atoms with Gasteiger partial charge in [0.25, 0.3) is 0 Å². The van der Waals surface area contributed by atoms with E-state index in [1.807, 2.05) is 13.0 Å². The number of carbonyl (C=O) groups is 1. The lowest BCUT2D eigenvalue weighted by atomic mass is 10.1. The number of nitrogens with zero attached hydrogens (tertiary/aromatic N) is 1. The monoisotopic (exact) mass is 338 g/mol. The van der Waals surface area contributed by atoms with E-state index in [1.165, 1.54) is 12.1 Å². The zero-order valence-electron chi connectivity index (χ0n) is 14.0.